The number of fused-ring (bicyclic) bond motifs is 1. The fourth-order valence-electron chi connectivity index (χ4n) is 5.37. The third-order valence-corrected chi connectivity index (χ3v) is 7.53. The smallest absolute Gasteiger partial charge is 0.303 e. The zero-order valence-corrected chi connectivity index (χ0v) is 25.1. The minimum absolute atomic E-state index is 0.0317. The summed E-state index contributed by atoms with van der Waals surface area (Å²) in [5.74, 6) is 0.798. The number of ether oxygens (including phenoxy) is 1. The number of nitrogens with zero attached hydrogens (tertiary/aromatic N) is 3. The van der Waals surface area contributed by atoms with Crippen molar-refractivity contribution in [3.05, 3.63) is 64.1 Å². The molecule has 0 fully saturated rings. The second-order valence-corrected chi connectivity index (χ2v) is 12.9. The van der Waals surface area contributed by atoms with Gasteiger partial charge in [0.05, 0.1) is 24.9 Å². The molecule has 4 rings (SSSR count). The standard InChI is InChI=1S/C32H44N4O4/c1-31(2,3)23-16-20(17-24(30(23)39-7)32(4,5)6)21(19-29(37)38)18-28-35-27(36-40-28)12-8-10-22-13-14-25-26(34-22)11-9-15-33-25/h13-14,16-17,21,33H,8-12,15,18-19H2,1-7H3,(H,37,38). The molecule has 0 saturated heterocycles. The van der Waals surface area contributed by atoms with Gasteiger partial charge in [-0.2, -0.15) is 4.98 Å². The average molecular weight is 549 g/mol. The highest BCUT2D eigenvalue weighted by atomic mass is 16.5. The molecule has 0 bridgehead atoms. The van der Waals surface area contributed by atoms with Crippen molar-refractivity contribution in [2.24, 2.45) is 0 Å². The Bertz CT molecular complexity index is 1300. The van der Waals surface area contributed by atoms with Crippen LogP contribution in [0.15, 0.2) is 28.8 Å². The highest BCUT2D eigenvalue weighted by Crippen LogP contribution is 2.42. The van der Waals surface area contributed by atoms with Gasteiger partial charge in [-0.1, -0.05) is 58.8 Å². The van der Waals surface area contributed by atoms with Crippen LogP contribution < -0.4 is 10.1 Å². The number of carboxylic acid groups (broad SMARTS) is 1. The minimum Gasteiger partial charge on any atom is -0.496 e. The highest BCUT2D eigenvalue weighted by molar-refractivity contribution is 5.68. The van der Waals surface area contributed by atoms with Crippen molar-refractivity contribution in [2.75, 3.05) is 19.0 Å². The van der Waals surface area contributed by atoms with E-state index in [4.69, 9.17) is 14.2 Å². The van der Waals surface area contributed by atoms with E-state index in [0.29, 0.717) is 24.6 Å². The maximum absolute atomic E-state index is 11.9. The van der Waals surface area contributed by atoms with Crippen LogP contribution in [-0.2, 0) is 41.3 Å². The third kappa shape index (κ3) is 7.20. The van der Waals surface area contributed by atoms with E-state index in [9.17, 15) is 9.90 Å². The molecule has 2 N–H and O–H groups in total. The maximum atomic E-state index is 11.9. The Morgan fingerprint density at radius 1 is 1.07 bits per heavy atom. The SMILES string of the molecule is COc1c(C(C)(C)C)cc(C(CC(=O)O)Cc2nc(CCCc3ccc4c(n3)CCCN4)no2)cc1C(C)(C)C. The number of methoxy groups -OCH3 is 1. The molecule has 216 valence electrons. The molecule has 0 spiro atoms. The number of aromatic nitrogens is 3. The molecule has 1 unspecified atom stereocenters. The van der Waals surface area contributed by atoms with Gasteiger partial charge in [0.1, 0.15) is 5.75 Å². The molecule has 8 nitrogen and oxygen atoms in total. The lowest BCUT2D eigenvalue weighted by atomic mass is 9.76. The summed E-state index contributed by atoms with van der Waals surface area (Å²) < 4.78 is 11.5. The number of benzene rings is 1. The molecule has 8 heteroatoms. The van der Waals surface area contributed by atoms with Crippen LogP contribution in [0, 0.1) is 0 Å². The van der Waals surface area contributed by atoms with Gasteiger partial charge in [-0.3, -0.25) is 9.78 Å². The van der Waals surface area contributed by atoms with Crippen molar-refractivity contribution in [1.29, 1.82) is 0 Å². The summed E-state index contributed by atoms with van der Waals surface area (Å²) in [7, 11) is 1.70. The molecule has 1 aliphatic heterocycles. The van der Waals surface area contributed by atoms with E-state index in [1.807, 2.05) is 0 Å². The van der Waals surface area contributed by atoms with Crippen LogP contribution in [0.3, 0.4) is 0 Å². The second kappa shape index (κ2) is 12.0. The summed E-state index contributed by atoms with van der Waals surface area (Å²) in [6, 6.07) is 8.41. The molecule has 1 aliphatic rings. The van der Waals surface area contributed by atoms with Gasteiger partial charge in [0.2, 0.25) is 5.89 Å². The fraction of sp³-hybridized carbons (Fsp3) is 0.562. The highest BCUT2D eigenvalue weighted by Gasteiger charge is 2.30. The zero-order valence-electron chi connectivity index (χ0n) is 25.1. The summed E-state index contributed by atoms with van der Waals surface area (Å²) in [5, 5.41) is 17.4. The lowest BCUT2D eigenvalue weighted by Crippen LogP contribution is -2.21. The van der Waals surface area contributed by atoms with Crippen LogP contribution in [0.4, 0.5) is 5.69 Å². The van der Waals surface area contributed by atoms with Crippen molar-refractivity contribution in [1.82, 2.24) is 15.1 Å². The largest absolute Gasteiger partial charge is 0.496 e. The predicted octanol–water partition coefficient (Wildman–Crippen LogP) is 6.40. The summed E-state index contributed by atoms with van der Waals surface area (Å²) in [5.41, 5.74) is 6.08. The number of aliphatic carboxylic acids is 1. The van der Waals surface area contributed by atoms with Crippen molar-refractivity contribution >= 4 is 11.7 Å². The van der Waals surface area contributed by atoms with Gasteiger partial charge in [0.15, 0.2) is 5.82 Å². The Kier molecular flexibility index (Phi) is 8.86. The van der Waals surface area contributed by atoms with Gasteiger partial charge in [0, 0.05) is 42.1 Å². The molecule has 1 atom stereocenters. The van der Waals surface area contributed by atoms with Crippen LogP contribution >= 0.6 is 0 Å². The van der Waals surface area contributed by atoms with Crippen LogP contribution in [0.25, 0.3) is 0 Å². The number of aryl methyl sites for hydroxylation is 3. The second-order valence-electron chi connectivity index (χ2n) is 12.9. The Hall–Kier alpha value is -3.42. The Morgan fingerprint density at radius 3 is 2.40 bits per heavy atom. The van der Waals surface area contributed by atoms with Crippen LogP contribution in [0.5, 0.6) is 5.75 Å². The topological polar surface area (TPSA) is 110 Å². The molecule has 0 aliphatic carbocycles. The van der Waals surface area contributed by atoms with Crippen molar-refractivity contribution < 1.29 is 19.2 Å². The van der Waals surface area contributed by atoms with Crippen molar-refractivity contribution in [2.45, 2.75) is 103 Å². The van der Waals surface area contributed by atoms with E-state index in [-0.39, 0.29) is 23.2 Å². The van der Waals surface area contributed by atoms with E-state index in [2.05, 4.69) is 81.3 Å². The van der Waals surface area contributed by atoms with Gasteiger partial charge < -0.3 is 19.7 Å². The zero-order chi connectivity index (χ0) is 29.1. The van der Waals surface area contributed by atoms with E-state index < -0.39 is 5.97 Å². The van der Waals surface area contributed by atoms with Crippen molar-refractivity contribution in [3.8, 4) is 5.75 Å². The van der Waals surface area contributed by atoms with E-state index >= 15 is 0 Å². The predicted molar refractivity (Wildman–Crippen MR) is 156 cm³/mol. The van der Waals surface area contributed by atoms with Crippen molar-refractivity contribution in [3.63, 3.8) is 0 Å². The van der Waals surface area contributed by atoms with E-state index in [0.717, 1.165) is 71.7 Å². The normalized spacial score (nSPS) is 14.4. The first-order chi connectivity index (χ1) is 18.8. The van der Waals surface area contributed by atoms with Crippen LogP contribution in [0.2, 0.25) is 0 Å². The van der Waals surface area contributed by atoms with Gasteiger partial charge in [-0.05, 0) is 54.2 Å². The summed E-state index contributed by atoms with van der Waals surface area (Å²) in [6.07, 6.45) is 4.84. The van der Waals surface area contributed by atoms with Gasteiger partial charge in [-0.25, -0.2) is 0 Å². The molecule has 3 aromatic rings. The Labute approximate surface area is 237 Å². The van der Waals surface area contributed by atoms with Gasteiger partial charge >= 0.3 is 5.97 Å². The monoisotopic (exact) mass is 548 g/mol. The molecule has 2 aromatic heterocycles. The number of hydrogen-bond donors (Lipinski definition) is 2. The fourth-order valence-corrected chi connectivity index (χ4v) is 5.37. The third-order valence-electron chi connectivity index (χ3n) is 7.53. The quantitative estimate of drug-likeness (QED) is 0.299. The first kappa shape index (κ1) is 29.6. The van der Waals surface area contributed by atoms with Crippen LogP contribution in [0.1, 0.15) is 107 Å². The molecular formula is C32H44N4O4. The van der Waals surface area contributed by atoms with Gasteiger partial charge in [0.25, 0.3) is 0 Å². The number of hydrogen-bond acceptors (Lipinski definition) is 7. The number of carboxylic acids is 1. The Morgan fingerprint density at radius 2 is 1.77 bits per heavy atom. The number of pyridine rings is 1. The lowest BCUT2D eigenvalue weighted by Gasteiger charge is -2.31. The number of rotatable bonds is 10. The summed E-state index contributed by atoms with van der Waals surface area (Å²) >= 11 is 0. The molecule has 3 heterocycles. The first-order valence-electron chi connectivity index (χ1n) is 14.3. The molecule has 0 radical (unpaired) electrons. The Balaban J connectivity index is 1.51. The summed E-state index contributed by atoms with van der Waals surface area (Å²) in [6.45, 7) is 13.9. The van der Waals surface area contributed by atoms with E-state index in [1.54, 1.807) is 7.11 Å². The maximum Gasteiger partial charge on any atom is 0.303 e. The van der Waals surface area contributed by atoms with Gasteiger partial charge in [-0.15, -0.1) is 0 Å². The first-order valence-corrected chi connectivity index (χ1v) is 14.3. The number of nitrogens with one attached hydrogen (secondary N) is 1. The number of anilines is 1. The molecular weight excluding hydrogens is 504 g/mol. The average Bonchev–Trinajstić information content (AvgIpc) is 3.33. The lowest BCUT2D eigenvalue weighted by molar-refractivity contribution is -0.137. The minimum atomic E-state index is -0.858. The molecule has 0 saturated carbocycles. The number of carbonyl (C=O) groups is 1. The molecule has 0 amide bonds. The van der Waals surface area contributed by atoms with E-state index in [1.165, 1.54) is 0 Å². The summed E-state index contributed by atoms with van der Waals surface area (Å²) in [4.78, 5) is 21.4. The van der Waals surface area contributed by atoms with Crippen LogP contribution in [-0.4, -0.2) is 39.9 Å². The molecule has 40 heavy (non-hydrogen) atoms. The molecule has 1 aromatic carbocycles.